The number of benzene rings is 1. The van der Waals surface area contributed by atoms with Crippen LogP contribution in [0.4, 0.5) is 0 Å². The second-order valence-corrected chi connectivity index (χ2v) is 4.69. The molecule has 0 unspecified atom stereocenters. The Morgan fingerprint density at radius 3 is 2.67 bits per heavy atom. The summed E-state index contributed by atoms with van der Waals surface area (Å²) in [6.07, 6.45) is 6.42. The van der Waals surface area contributed by atoms with Crippen LogP contribution >= 0.6 is 0 Å². The number of rotatable bonds is 10. The van der Waals surface area contributed by atoms with Gasteiger partial charge in [-0.25, -0.2) is 0 Å². The van der Waals surface area contributed by atoms with E-state index in [-0.39, 0.29) is 0 Å². The average molecular weight is 249 g/mol. The van der Waals surface area contributed by atoms with Crippen LogP contribution in [0.25, 0.3) is 0 Å². The molecule has 0 amide bonds. The Kier molecular flexibility index (Phi) is 8.32. The van der Waals surface area contributed by atoms with Gasteiger partial charge in [0.15, 0.2) is 0 Å². The minimum atomic E-state index is 0.842. The number of nitrogens with one attached hydrogen (secondary N) is 1. The van der Waals surface area contributed by atoms with E-state index in [4.69, 9.17) is 4.74 Å². The molecule has 0 saturated heterocycles. The molecule has 2 nitrogen and oxygen atoms in total. The highest BCUT2D eigenvalue weighted by atomic mass is 16.5. The van der Waals surface area contributed by atoms with Gasteiger partial charge in [0.05, 0.1) is 6.61 Å². The van der Waals surface area contributed by atoms with Crippen LogP contribution in [0.5, 0.6) is 5.75 Å². The highest BCUT2D eigenvalue weighted by molar-refractivity contribution is 5.28. The molecule has 0 saturated carbocycles. The van der Waals surface area contributed by atoms with Gasteiger partial charge in [-0.2, -0.15) is 0 Å². The molecule has 0 fully saturated rings. The van der Waals surface area contributed by atoms with Crippen molar-refractivity contribution in [1.82, 2.24) is 5.32 Å². The smallest absolute Gasteiger partial charge is 0.119 e. The Morgan fingerprint density at radius 1 is 1.06 bits per heavy atom. The Labute approximate surface area is 112 Å². The van der Waals surface area contributed by atoms with Gasteiger partial charge in [0.25, 0.3) is 0 Å². The van der Waals surface area contributed by atoms with Gasteiger partial charge in [-0.05, 0) is 30.7 Å². The van der Waals surface area contributed by atoms with E-state index in [2.05, 4.69) is 37.4 Å². The summed E-state index contributed by atoms with van der Waals surface area (Å²) in [6, 6.07) is 8.38. The Balaban J connectivity index is 2.20. The minimum Gasteiger partial charge on any atom is -0.494 e. The molecule has 0 atom stereocenters. The summed E-state index contributed by atoms with van der Waals surface area (Å²) < 4.78 is 5.78. The van der Waals surface area contributed by atoms with E-state index in [9.17, 15) is 0 Å². The molecule has 102 valence electrons. The molecular formula is C16H27NO. The van der Waals surface area contributed by atoms with Gasteiger partial charge in [-0.3, -0.25) is 0 Å². The lowest BCUT2D eigenvalue weighted by molar-refractivity contribution is 0.304. The van der Waals surface area contributed by atoms with Gasteiger partial charge in [0.2, 0.25) is 0 Å². The van der Waals surface area contributed by atoms with Crippen molar-refractivity contribution in [3.63, 3.8) is 0 Å². The summed E-state index contributed by atoms with van der Waals surface area (Å²) in [5.74, 6) is 1.00. The van der Waals surface area contributed by atoms with Gasteiger partial charge >= 0.3 is 0 Å². The SMILES string of the molecule is CCCCCCCOc1cccc(CNCC)c1. The standard InChI is InChI=1S/C16H27NO/c1-3-5-6-7-8-12-18-16-11-9-10-15(13-16)14-17-4-2/h9-11,13,17H,3-8,12,14H2,1-2H3. The number of hydrogen-bond acceptors (Lipinski definition) is 2. The molecule has 1 aromatic carbocycles. The summed E-state index contributed by atoms with van der Waals surface area (Å²) in [5.41, 5.74) is 1.29. The third kappa shape index (κ3) is 6.65. The maximum Gasteiger partial charge on any atom is 0.119 e. The molecule has 0 radical (unpaired) electrons. The molecule has 1 N–H and O–H groups in total. The minimum absolute atomic E-state index is 0.842. The van der Waals surface area contributed by atoms with Crippen LogP contribution < -0.4 is 10.1 Å². The zero-order chi connectivity index (χ0) is 13.1. The molecule has 0 aliphatic rings. The van der Waals surface area contributed by atoms with E-state index in [1.165, 1.54) is 31.2 Å². The molecule has 0 heterocycles. The second-order valence-electron chi connectivity index (χ2n) is 4.69. The summed E-state index contributed by atoms with van der Waals surface area (Å²) >= 11 is 0. The zero-order valence-corrected chi connectivity index (χ0v) is 11.9. The Morgan fingerprint density at radius 2 is 1.89 bits per heavy atom. The Bertz CT molecular complexity index is 312. The first kappa shape index (κ1) is 15.0. The van der Waals surface area contributed by atoms with Crippen molar-refractivity contribution in [2.24, 2.45) is 0 Å². The largest absolute Gasteiger partial charge is 0.494 e. The van der Waals surface area contributed by atoms with E-state index >= 15 is 0 Å². The van der Waals surface area contributed by atoms with Crippen molar-refractivity contribution in [1.29, 1.82) is 0 Å². The molecule has 0 bridgehead atoms. The number of unbranched alkanes of at least 4 members (excludes halogenated alkanes) is 4. The third-order valence-electron chi connectivity index (χ3n) is 2.99. The highest BCUT2D eigenvalue weighted by Gasteiger charge is 1.97. The lowest BCUT2D eigenvalue weighted by atomic mass is 10.2. The fraction of sp³-hybridized carbons (Fsp3) is 0.625. The summed E-state index contributed by atoms with van der Waals surface area (Å²) in [4.78, 5) is 0. The van der Waals surface area contributed by atoms with Gasteiger partial charge in [0, 0.05) is 6.54 Å². The predicted molar refractivity (Wildman–Crippen MR) is 78.1 cm³/mol. The lowest BCUT2D eigenvalue weighted by Gasteiger charge is -2.08. The van der Waals surface area contributed by atoms with Crippen molar-refractivity contribution >= 4 is 0 Å². The van der Waals surface area contributed by atoms with Crippen LogP contribution in [0.1, 0.15) is 51.5 Å². The van der Waals surface area contributed by atoms with Crippen molar-refractivity contribution in [2.45, 2.75) is 52.5 Å². The van der Waals surface area contributed by atoms with Gasteiger partial charge in [-0.1, -0.05) is 51.7 Å². The highest BCUT2D eigenvalue weighted by Crippen LogP contribution is 2.14. The summed E-state index contributed by atoms with van der Waals surface area (Å²) in [7, 11) is 0. The van der Waals surface area contributed by atoms with E-state index in [1.54, 1.807) is 0 Å². The topological polar surface area (TPSA) is 21.3 Å². The van der Waals surface area contributed by atoms with Crippen molar-refractivity contribution in [2.75, 3.05) is 13.2 Å². The molecule has 1 rings (SSSR count). The maximum absolute atomic E-state index is 5.78. The molecule has 18 heavy (non-hydrogen) atoms. The van der Waals surface area contributed by atoms with Gasteiger partial charge < -0.3 is 10.1 Å². The van der Waals surface area contributed by atoms with E-state index in [1.807, 2.05) is 6.07 Å². The third-order valence-corrected chi connectivity index (χ3v) is 2.99. The first-order valence-corrected chi connectivity index (χ1v) is 7.29. The number of ether oxygens (including phenoxy) is 1. The van der Waals surface area contributed by atoms with E-state index < -0.39 is 0 Å². The first-order valence-electron chi connectivity index (χ1n) is 7.29. The molecule has 1 aromatic rings. The Hall–Kier alpha value is -1.02. The molecule has 0 spiro atoms. The maximum atomic E-state index is 5.78. The lowest BCUT2D eigenvalue weighted by Crippen LogP contribution is -2.11. The van der Waals surface area contributed by atoms with Crippen LogP contribution in [0, 0.1) is 0 Å². The van der Waals surface area contributed by atoms with Crippen LogP contribution in [-0.2, 0) is 6.54 Å². The van der Waals surface area contributed by atoms with Gasteiger partial charge in [0.1, 0.15) is 5.75 Å². The first-order chi connectivity index (χ1) is 8.86. The van der Waals surface area contributed by atoms with Crippen molar-refractivity contribution < 1.29 is 4.74 Å². The van der Waals surface area contributed by atoms with Crippen molar-refractivity contribution in [3.8, 4) is 5.75 Å². The van der Waals surface area contributed by atoms with E-state index in [0.717, 1.165) is 31.9 Å². The molecule has 0 aliphatic heterocycles. The average Bonchev–Trinajstić information content (AvgIpc) is 2.41. The fourth-order valence-corrected chi connectivity index (χ4v) is 1.91. The molecule has 0 aromatic heterocycles. The predicted octanol–water partition coefficient (Wildman–Crippen LogP) is 4.15. The molecule has 0 aliphatic carbocycles. The van der Waals surface area contributed by atoms with Crippen LogP contribution in [0.3, 0.4) is 0 Å². The van der Waals surface area contributed by atoms with Crippen LogP contribution in [0.15, 0.2) is 24.3 Å². The normalized spacial score (nSPS) is 10.6. The molecular weight excluding hydrogens is 222 g/mol. The van der Waals surface area contributed by atoms with Crippen molar-refractivity contribution in [3.05, 3.63) is 29.8 Å². The summed E-state index contributed by atoms with van der Waals surface area (Å²) in [6.45, 7) is 7.13. The molecule has 2 heteroatoms. The van der Waals surface area contributed by atoms with Crippen LogP contribution in [-0.4, -0.2) is 13.2 Å². The fourth-order valence-electron chi connectivity index (χ4n) is 1.91. The zero-order valence-electron chi connectivity index (χ0n) is 11.9. The second kappa shape index (κ2) is 9.95. The number of hydrogen-bond donors (Lipinski definition) is 1. The van der Waals surface area contributed by atoms with Gasteiger partial charge in [-0.15, -0.1) is 0 Å². The monoisotopic (exact) mass is 249 g/mol. The van der Waals surface area contributed by atoms with Crippen LogP contribution in [0.2, 0.25) is 0 Å². The summed E-state index contributed by atoms with van der Waals surface area (Å²) in [5, 5.41) is 3.33. The van der Waals surface area contributed by atoms with E-state index in [0.29, 0.717) is 0 Å². The quantitative estimate of drug-likeness (QED) is 0.629.